The summed E-state index contributed by atoms with van der Waals surface area (Å²) in [6.45, 7) is 0. The van der Waals surface area contributed by atoms with Crippen molar-refractivity contribution >= 4 is 39.0 Å². The minimum atomic E-state index is 0.906. The maximum atomic E-state index is 5.13. The fraction of sp³-hybridized carbons (Fsp3) is 0. The van der Waals surface area contributed by atoms with Gasteiger partial charge in [0.2, 0.25) is 0 Å². The van der Waals surface area contributed by atoms with Crippen LogP contribution >= 0.6 is 0 Å². The average Bonchev–Trinajstić information content (AvgIpc) is 3.49. The molecule has 206 valence electrons. The van der Waals surface area contributed by atoms with Crippen LogP contribution in [0.5, 0.6) is 0 Å². The third-order valence-electron chi connectivity index (χ3n) is 8.54. The summed E-state index contributed by atoms with van der Waals surface area (Å²) in [5.41, 5.74) is 11.1. The van der Waals surface area contributed by atoms with Crippen LogP contribution in [-0.2, 0) is 0 Å². The zero-order chi connectivity index (χ0) is 29.0. The lowest BCUT2D eigenvalue weighted by atomic mass is 9.89. The SMILES string of the molecule is c1ccc(-c2cc3c4c(nccc4c2)N(c2cccc(-c4nc5ccccc5n4-c4ccccc4)c2)c2ccccc2-3)cc1. The third-order valence-corrected chi connectivity index (χ3v) is 8.54. The Balaban J connectivity index is 1.26. The molecule has 0 saturated carbocycles. The summed E-state index contributed by atoms with van der Waals surface area (Å²) < 4.78 is 2.25. The number of hydrogen-bond acceptors (Lipinski definition) is 3. The number of nitrogens with zero attached hydrogens (tertiary/aromatic N) is 4. The van der Waals surface area contributed by atoms with Gasteiger partial charge in [0.15, 0.2) is 0 Å². The molecule has 0 spiro atoms. The highest BCUT2D eigenvalue weighted by molar-refractivity contribution is 6.14. The zero-order valence-corrected chi connectivity index (χ0v) is 23.8. The Morgan fingerprint density at radius 2 is 1.23 bits per heavy atom. The van der Waals surface area contributed by atoms with Crippen molar-refractivity contribution in [3.8, 4) is 39.3 Å². The molecule has 6 aromatic carbocycles. The molecule has 0 radical (unpaired) electrons. The second-order valence-corrected chi connectivity index (χ2v) is 11.1. The average molecular weight is 563 g/mol. The van der Waals surface area contributed by atoms with Crippen molar-refractivity contribution < 1.29 is 0 Å². The van der Waals surface area contributed by atoms with E-state index in [2.05, 4.69) is 149 Å². The standard InChI is InChI=1S/C40H26N4/c1-3-12-27(13-4-1)30-24-28-22-23-41-40-38(28)34(26-30)33-18-7-9-20-36(33)44(40)32-17-11-14-29(25-32)39-42-35-19-8-10-21-37(35)43(39)31-15-5-2-6-16-31/h1-26H. The molecule has 0 amide bonds. The molecule has 4 heteroatoms. The number of fused-ring (bicyclic) bond motifs is 3. The van der Waals surface area contributed by atoms with Gasteiger partial charge in [-0.25, -0.2) is 9.97 Å². The minimum absolute atomic E-state index is 0.906. The first-order chi connectivity index (χ1) is 21.8. The highest BCUT2D eigenvalue weighted by atomic mass is 15.2. The van der Waals surface area contributed by atoms with Crippen LogP contribution in [0.2, 0.25) is 0 Å². The minimum Gasteiger partial charge on any atom is -0.294 e. The molecule has 0 atom stereocenters. The summed E-state index contributed by atoms with van der Waals surface area (Å²) in [4.78, 5) is 12.4. The van der Waals surface area contributed by atoms with Crippen LogP contribution < -0.4 is 4.90 Å². The van der Waals surface area contributed by atoms with Gasteiger partial charge in [0.1, 0.15) is 11.6 Å². The smallest absolute Gasteiger partial charge is 0.146 e. The predicted octanol–water partition coefficient (Wildman–Crippen LogP) is 10.4. The van der Waals surface area contributed by atoms with Crippen LogP contribution in [0.1, 0.15) is 0 Å². The molecule has 1 aliphatic heterocycles. The number of aromatic nitrogens is 3. The molecule has 0 bridgehead atoms. The molecule has 9 rings (SSSR count). The van der Waals surface area contributed by atoms with Gasteiger partial charge in [-0.3, -0.25) is 9.47 Å². The summed E-state index contributed by atoms with van der Waals surface area (Å²) >= 11 is 0. The van der Waals surface area contributed by atoms with E-state index in [1.165, 1.54) is 27.6 Å². The van der Waals surface area contributed by atoms with Crippen molar-refractivity contribution in [2.75, 3.05) is 4.90 Å². The highest BCUT2D eigenvalue weighted by Crippen LogP contribution is 2.51. The Bertz CT molecular complexity index is 2340. The molecular formula is C40H26N4. The molecule has 0 fully saturated rings. The van der Waals surface area contributed by atoms with Crippen LogP contribution in [-0.4, -0.2) is 14.5 Å². The summed E-state index contributed by atoms with van der Waals surface area (Å²) in [6, 6.07) is 53.4. The molecule has 0 aliphatic carbocycles. The molecule has 3 heterocycles. The Labute approximate surface area is 255 Å². The first-order valence-electron chi connectivity index (χ1n) is 14.8. The Kier molecular flexibility index (Phi) is 5.47. The number of hydrogen-bond donors (Lipinski definition) is 0. The highest BCUT2D eigenvalue weighted by Gasteiger charge is 2.28. The van der Waals surface area contributed by atoms with Crippen LogP contribution in [0.25, 0.3) is 61.1 Å². The maximum absolute atomic E-state index is 5.13. The van der Waals surface area contributed by atoms with Crippen LogP contribution in [0.15, 0.2) is 158 Å². The van der Waals surface area contributed by atoms with Crippen molar-refractivity contribution in [2.45, 2.75) is 0 Å². The Morgan fingerprint density at radius 3 is 2.11 bits per heavy atom. The summed E-state index contributed by atoms with van der Waals surface area (Å²) in [6.07, 6.45) is 1.93. The van der Waals surface area contributed by atoms with Gasteiger partial charge < -0.3 is 0 Å². The fourth-order valence-corrected chi connectivity index (χ4v) is 6.59. The van der Waals surface area contributed by atoms with Gasteiger partial charge >= 0.3 is 0 Å². The molecule has 44 heavy (non-hydrogen) atoms. The van der Waals surface area contributed by atoms with Crippen molar-refractivity contribution in [1.29, 1.82) is 0 Å². The van der Waals surface area contributed by atoms with Gasteiger partial charge in [-0.15, -0.1) is 0 Å². The van der Waals surface area contributed by atoms with Crippen LogP contribution in [0, 0.1) is 0 Å². The van der Waals surface area contributed by atoms with Gasteiger partial charge in [0, 0.05) is 34.1 Å². The number of anilines is 3. The van der Waals surface area contributed by atoms with Gasteiger partial charge in [-0.1, -0.05) is 91.0 Å². The van der Waals surface area contributed by atoms with Crippen LogP contribution in [0.4, 0.5) is 17.2 Å². The maximum Gasteiger partial charge on any atom is 0.146 e. The first kappa shape index (κ1) is 24.6. The van der Waals surface area contributed by atoms with Gasteiger partial charge in [-0.05, 0) is 82.7 Å². The first-order valence-corrected chi connectivity index (χ1v) is 14.8. The van der Waals surface area contributed by atoms with Crippen molar-refractivity contribution in [3.05, 3.63) is 158 Å². The number of pyridine rings is 1. The largest absolute Gasteiger partial charge is 0.294 e. The lowest BCUT2D eigenvalue weighted by Crippen LogP contribution is -2.16. The number of para-hydroxylation sites is 4. The van der Waals surface area contributed by atoms with Gasteiger partial charge in [-0.2, -0.15) is 0 Å². The van der Waals surface area contributed by atoms with E-state index in [0.717, 1.165) is 50.7 Å². The number of benzene rings is 6. The molecule has 4 nitrogen and oxygen atoms in total. The zero-order valence-electron chi connectivity index (χ0n) is 23.8. The van der Waals surface area contributed by atoms with Gasteiger partial charge in [0.25, 0.3) is 0 Å². The molecule has 8 aromatic rings. The topological polar surface area (TPSA) is 34.0 Å². The van der Waals surface area contributed by atoms with E-state index in [1.54, 1.807) is 0 Å². The molecular weight excluding hydrogens is 536 g/mol. The summed E-state index contributed by atoms with van der Waals surface area (Å²) in [7, 11) is 0. The summed E-state index contributed by atoms with van der Waals surface area (Å²) in [5, 5.41) is 2.33. The molecule has 2 aromatic heterocycles. The van der Waals surface area contributed by atoms with E-state index in [9.17, 15) is 0 Å². The van der Waals surface area contributed by atoms with Crippen molar-refractivity contribution in [2.24, 2.45) is 0 Å². The molecule has 0 saturated heterocycles. The lowest BCUT2D eigenvalue weighted by molar-refractivity contribution is 1.10. The number of imidazole rings is 1. The quantitative estimate of drug-likeness (QED) is 0.214. The Hall–Kier alpha value is -6.00. The molecule has 1 aliphatic rings. The second kappa shape index (κ2) is 9.79. The van der Waals surface area contributed by atoms with Crippen molar-refractivity contribution in [1.82, 2.24) is 14.5 Å². The van der Waals surface area contributed by atoms with E-state index in [-0.39, 0.29) is 0 Å². The molecule has 0 unspecified atom stereocenters. The van der Waals surface area contributed by atoms with Crippen molar-refractivity contribution in [3.63, 3.8) is 0 Å². The molecule has 0 N–H and O–H groups in total. The van der Waals surface area contributed by atoms with E-state index in [1.807, 2.05) is 18.3 Å². The monoisotopic (exact) mass is 562 g/mol. The summed E-state index contributed by atoms with van der Waals surface area (Å²) in [5.74, 6) is 1.84. The lowest BCUT2D eigenvalue weighted by Gasteiger charge is -2.32. The Morgan fingerprint density at radius 1 is 0.500 bits per heavy atom. The third kappa shape index (κ3) is 3.78. The van der Waals surface area contributed by atoms with Crippen LogP contribution in [0.3, 0.4) is 0 Å². The second-order valence-electron chi connectivity index (χ2n) is 11.1. The fourth-order valence-electron chi connectivity index (χ4n) is 6.59. The van der Waals surface area contributed by atoms with E-state index in [0.29, 0.717) is 0 Å². The van der Waals surface area contributed by atoms with E-state index < -0.39 is 0 Å². The van der Waals surface area contributed by atoms with E-state index >= 15 is 0 Å². The normalized spacial score (nSPS) is 12.0. The number of rotatable bonds is 4. The van der Waals surface area contributed by atoms with Gasteiger partial charge in [0.05, 0.1) is 16.7 Å². The predicted molar refractivity (Wildman–Crippen MR) is 181 cm³/mol. The van der Waals surface area contributed by atoms with E-state index in [4.69, 9.17) is 9.97 Å².